The maximum absolute atomic E-state index is 10.3. The molecule has 0 bridgehead atoms. The maximum atomic E-state index is 10.3. The number of nitrogens with zero attached hydrogens (tertiary/aromatic N) is 1. The second-order valence-electron chi connectivity index (χ2n) is 3.63. The molecule has 0 aliphatic carbocycles. The quantitative estimate of drug-likeness (QED) is 0.588. The van der Waals surface area contributed by atoms with E-state index in [0.717, 1.165) is 23.4 Å². The zero-order valence-electron chi connectivity index (χ0n) is 9.22. The summed E-state index contributed by atoms with van der Waals surface area (Å²) in [5.74, 6) is 1.57. The van der Waals surface area contributed by atoms with E-state index in [1.54, 1.807) is 12.1 Å². The number of carbonyl (C=O) groups is 1. The van der Waals surface area contributed by atoms with Crippen LogP contribution in [-0.4, -0.2) is 6.29 Å². The van der Waals surface area contributed by atoms with E-state index in [0.29, 0.717) is 18.5 Å². The first-order valence-electron chi connectivity index (χ1n) is 5.34. The molecule has 17 heavy (non-hydrogen) atoms. The summed E-state index contributed by atoms with van der Waals surface area (Å²) in [6.07, 6.45) is 1.99. The van der Waals surface area contributed by atoms with Gasteiger partial charge in [0.1, 0.15) is 17.8 Å². The number of aryl methyl sites for hydroxylation is 1. The third-order valence-corrected chi connectivity index (χ3v) is 2.45. The van der Waals surface area contributed by atoms with Crippen LogP contribution in [-0.2, 0) is 11.2 Å². The Morgan fingerprint density at radius 2 is 1.94 bits per heavy atom. The second-order valence-corrected chi connectivity index (χ2v) is 3.63. The van der Waals surface area contributed by atoms with E-state index in [4.69, 9.17) is 11.0 Å². The number of benzene rings is 1. The molecule has 2 rings (SSSR count). The minimum absolute atomic E-state index is 0.476. The van der Waals surface area contributed by atoms with Crippen LogP contribution in [0.25, 0.3) is 16.2 Å². The van der Waals surface area contributed by atoms with Crippen molar-refractivity contribution in [2.45, 2.75) is 12.8 Å². The molecule has 0 saturated carbocycles. The Hall–Kier alpha value is -2.34. The summed E-state index contributed by atoms with van der Waals surface area (Å²) < 4.78 is 5.61. The van der Waals surface area contributed by atoms with Gasteiger partial charge in [-0.15, -0.1) is 0 Å². The van der Waals surface area contributed by atoms with E-state index in [1.807, 2.05) is 24.3 Å². The minimum Gasteiger partial charge on any atom is -0.461 e. The van der Waals surface area contributed by atoms with Gasteiger partial charge in [0.05, 0.1) is 6.57 Å². The van der Waals surface area contributed by atoms with Gasteiger partial charge in [-0.3, -0.25) is 0 Å². The molecule has 3 nitrogen and oxygen atoms in total. The number of hydrogen-bond donors (Lipinski definition) is 0. The summed E-state index contributed by atoms with van der Waals surface area (Å²) in [7, 11) is 0. The molecule has 0 saturated heterocycles. The van der Waals surface area contributed by atoms with E-state index < -0.39 is 0 Å². The number of aldehydes is 1. The smallest absolute Gasteiger partial charge is 0.187 e. The molecular weight excluding hydrogens is 214 g/mol. The molecule has 0 aliphatic heterocycles. The zero-order chi connectivity index (χ0) is 12.1. The van der Waals surface area contributed by atoms with Gasteiger partial charge in [0, 0.05) is 18.4 Å². The van der Waals surface area contributed by atoms with Crippen molar-refractivity contribution >= 4 is 12.0 Å². The largest absolute Gasteiger partial charge is 0.461 e. The monoisotopic (exact) mass is 225 g/mol. The van der Waals surface area contributed by atoms with E-state index >= 15 is 0 Å². The molecule has 3 heteroatoms. The topological polar surface area (TPSA) is 34.6 Å². The molecule has 0 unspecified atom stereocenters. The van der Waals surface area contributed by atoms with Gasteiger partial charge in [-0.2, -0.15) is 0 Å². The number of hydrogen-bond acceptors (Lipinski definition) is 2. The Morgan fingerprint density at radius 1 is 1.18 bits per heavy atom. The highest BCUT2D eigenvalue weighted by atomic mass is 16.3. The molecule has 0 radical (unpaired) electrons. The molecular formula is C14H11NO2. The summed E-state index contributed by atoms with van der Waals surface area (Å²) >= 11 is 0. The van der Waals surface area contributed by atoms with Crippen LogP contribution < -0.4 is 0 Å². The Labute approximate surface area is 99.5 Å². The van der Waals surface area contributed by atoms with Gasteiger partial charge in [-0.1, -0.05) is 24.3 Å². The predicted octanol–water partition coefficient (Wildman–Crippen LogP) is 3.63. The third kappa shape index (κ3) is 2.61. The van der Waals surface area contributed by atoms with Gasteiger partial charge >= 0.3 is 0 Å². The van der Waals surface area contributed by atoms with Crippen molar-refractivity contribution in [3.05, 3.63) is 53.6 Å². The van der Waals surface area contributed by atoms with Crippen molar-refractivity contribution in [3.8, 4) is 11.3 Å². The van der Waals surface area contributed by atoms with Crippen LogP contribution in [0, 0.1) is 6.57 Å². The molecule has 0 N–H and O–H groups in total. The van der Waals surface area contributed by atoms with Gasteiger partial charge in [-0.05, 0) is 12.1 Å². The van der Waals surface area contributed by atoms with Gasteiger partial charge in [0.2, 0.25) is 0 Å². The fraction of sp³-hybridized carbons (Fsp3) is 0.143. The lowest BCUT2D eigenvalue weighted by atomic mass is 10.1. The van der Waals surface area contributed by atoms with E-state index in [2.05, 4.69) is 4.85 Å². The average molecular weight is 225 g/mol. The fourth-order valence-corrected chi connectivity index (χ4v) is 1.57. The molecule has 1 heterocycles. The van der Waals surface area contributed by atoms with E-state index in [1.165, 1.54) is 0 Å². The van der Waals surface area contributed by atoms with Crippen LogP contribution in [0.4, 0.5) is 5.69 Å². The minimum atomic E-state index is 0.476. The maximum Gasteiger partial charge on any atom is 0.187 e. The standard InChI is InChI=1S/C14H11NO2/c1-15-12-6-4-11(5-7-12)14-9-8-13(17-14)3-2-10-16/h4-10H,2-3H2. The predicted molar refractivity (Wildman–Crippen MR) is 64.8 cm³/mol. The van der Waals surface area contributed by atoms with Crippen LogP contribution in [0.1, 0.15) is 12.2 Å². The van der Waals surface area contributed by atoms with Crippen LogP contribution in [0.15, 0.2) is 40.8 Å². The van der Waals surface area contributed by atoms with Gasteiger partial charge < -0.3 is 9.21 Å². The molecule has 1 aromatic carbocycles. The lowest BCUT2D eigenvalue weighted by Gasteiger charge is -1.97. The first kappa shape index (κ1) is 11.2. The van der Waals surface area contributed by atoms with Crippen LogP contribution in [0.5, 0.6) is 0 Å². The molecule has 0 atom stereocenters. The second kappa shape index (κ2) is 5.13. The highest BCUT2D eigenvalue weighted by molar-refractivity contribution is 5.61. The van der Waals surface area contributed by atoms with Crippen molar-refractivity contribution in [1.29, 1.82) is 0 Å². The zero-order valence-corrected chi connectivity index (χ0v) is 9.22. The van der Waals surface area contributed by atoms with E-state index in [9.17, 15) is 4.79 Å². The molecule has 0 fully saturated rings. The van der Waals surface area contributed by atoms with Crippen molar-refractivity contribution < 1.29 is 9.21 Å². The first-order chi connectivity index (χ1) is 8.33. The van der Waals surface area contributed by atoms with Gasteiger partial charge in [-0.25, -0.2) is 4.85 Å². The lowest BCUT2D eigenvalue weighted by Crippen LogP contribution is -1.81. The summed E-state index contributed by atoms with van der Waals surface area (Å²) in [5, 5.41) is 0. The Morgan fingerprint density at radius 3 is 2.59 bits per heavy atom. The molecule has 0 aliphatic rings. The SMILES string of the molecule is [C-]#[N+]c1ccc(-c2ccc(CCC=O)o2)cc1. The first-order valence-corrected chi connectivity index (χ1v) is 5.34. The van der Waals surface area contributed by atoms with Crippen LogP contribution in [0.3, 0.4) is 0 Å². The third-order valence-electron chi connectivity index (χ3n) is 2.45. The van der Waals surface area contributed by atoms with E-state index in [-0.39, 0.29) is 0 Å². The van der Waals surface area contributed by atoms with Crippen molar-refractivity contribution in [2.75, 3.05) is 0 Å². The van der Waals surface area contributed by atoms with Crippen molar-refractivity contribution in [3.63, 3.8) is 0 Å². The average Bonchev–Trinajstić information content (AvgIpc) is 2.85. The number of furan rings is 1. The number of rotatable bonds is 4. The normalized spacial score (nSPS) is 9.82. The van der Waals surface area contributed by atoms with Gasteiger partial charge in [0.15, 0.2) is 5.69 Å². The Kier molecular flexibility index (Phi) is 3.37. The summed E-state index contributed by atoms with van der Waals surface area (Å²) in [6, 6.07) is 11.0. The lowest BCUT2D eigenvalue weighted by molar-refractivity contribution is -0.107. The molecule has 2 aromatic rings. The number of carbonyl (C=O) groups excluding carboxylic acids is 1. The van der Waals surface area contributed by atoms with Crippen molar-refractivity contribution in [2.24, 2.45) is 0 Å². The summed E-state index contributed by atoms with van der Waals surface area (Å²) in [5.41, 5.74) is 1.55. The molecule has 1 aromatic heterocycles. The van der Waals surface area contributed by atoms with Crippen molar-refractivity contribution in [1.82, 2.24) is 0 Å². The van der Waals surface area contributed by atoms with Crippen LogP contribution >= 0.6 is 0 Å². The fourth-order valence-electron chi connectivity index (χ4n) is 1.57. The summed E-state index contributed by atoms with van der Waals surface area (Å²) in [6.45, 7) is 6.87. The highest BCUT2D eigenvalue weighted by Crippen LogP contribution is 2.25. The molecule has 84 valence electrons. The molecule has 0 spiro atoms. The van der Waals surface area contributed by atoms with Gasteiger partial charge in [0.25, 0.3) is 0 Å². The Bertz CT molecular complexity index is 546. The highest BCUT2D eigenvalue weighted by Gasteiger charge is 2.04. The Balaban J connectivity index is 2.18. The van der Waals surface area contributed by atoms with Crippen LogP contribution in [0.2, 0.25) is 0 Å². The molecule has 0 amide bonds. The summed E-state index contributed by atoms with van der Waals surface area (Å²) in [4.78, 5) is 13.6.